The maximum Gasteiger partial charge on any atom is 0.291 e. The van der Waals surface area contributed by atoms with Crippen LogP contribution in [-0.2, 0) is 0 Å². The quantitative estimate of drug-likeness (QED) is 0.878. The molecule has 1 aromatic heterocycles. The minimum absolute atomic E-state index is 0.147. The van der Waals surface area contributed by atoms with Crippen LogP contribution in [0.5, 0.6) is 0 Å². The van der Waals surface area contributed by atoms with Gasteiger partial charge in [0.2, 0.25) is 5.82 Å². The fourth-order valence-electron chi connectivity index (χ4n) is 2.24. The lowest BCUT2D eigenvalue weighted by Gasteiger charge is -2.23. The van der Waals surface area contributed by atoms with Crippen molar-refractivity contribution in [3.05, 3.63) is 40.9 Å². The van der Waals surface area contributed by atoms with Gasteiger partial charge in [-0.3, -0.25) is 4.79 Å². The van der Waals surface area contributed by atoms with Crippen molar-refractivity contribution in [2.24, 2.45) is 5.73 Å². The van der Waals surface area contributed by atoms with Gasteiger partial charge in [-0.15, -0.1) is 5.10 Å². The summed E-state index contributed by atoms with van der Waals surface area (Å²) in [6, 6.07) is 7.41. The molecule has 0 radical (unpaired) electrons. The molecule has 0 bridgehead atoms. The first-order valence-electron chi connectivity index (χ1n) is 7.66. The van der Waals surface area contributed by atoms with Crippen molar-refractivity contribution in [3.8, 4) is 5.69 Å². The van der Waals surface area contributed by atoms with Gasteiger partial charge in [0.05, 0.1) is 10.7 Å². The van der Waals surface area contributed by atoms with Gasteiger partial charge in [0.25, 0.3) is 5.91 Å². The molecule has 0 aliphatic heterocycles. The Balaban J connectivity index is 1.97. The molecule has 3 rings (SSSR count). The topological polar surface area (TPSA) is 85.8 Å². The predicted octanol–water partition coefficient (Wildman–Crippen LogP) is 2.27. The number of halogens is 1. The van der Waals surface area contributed by atoms with Gasteiger partial charge in [0.1, 0.15) is 5.82 Å². The van der Waals surface area contributed by atoms with Crippen molar-refractivity contribution >= 4 is 17.5 Å². The number of nitrogens with one attached hydrogen (secondary N) is 1. The average molecular weight is 334 g/mol. The van der Waals surface area contributed by atoms with Gasteiger partial charge < -0.3 is 11.1 Å². The van der Waals surface area contributed by atoms with Crippen molar-refractivity contribution in [1.29, 1.82) is 0 Å². The molecule has 2 aromatic rings. The summed E-state index contributed by atoms with van der Waals surface area (Å²) in [5.74, 6) is 0.943. The third-order valence-corrected chi connectivity index (χ3v) is 4.14. The van der Waals surface area contributed by atoms with Crippen LogP contribution in [0.2, 0.25) is 5.02 Å². The molecule has 0 spiro atoms. The van der Waals surface area contributed by atoms with Crippen LogP contribution in [0.3, 0.4) is 0 Å². The zero-order chi connectivity index (χ0) is 16.6. The molecule has 0 saturated heterocycles. The number of benzene rings is 1. The molecule has 1 amide bonds. The number of para-hydroxylation sites is 1. The first-order chi connectivity index (χ1) is 10.9. The summed E-state index contributed by atoms with van der Waals surface area (Å²) in [5, 5.41) is 7.82. The van der Waals surface area contributed by atoms with Crippen molar-refractivity contribution in [2.75, 3.05) is 6.54 Å². The van der Waals surface area contributed by atoms with E-state index in [9.17, 15) is 4.79 Å². The number of amides is 1. The molecule has 6 nitrogen and oxygen atoms in total. The van der Waals surface area contributed by atoms with E-state index in [1.807, 2.05) is 32.0 Å². The summed E-state index contributed by atoms with van der Waals surface area (Å²) >= 11 is 6.27. The van der Waals surface area contributed by atoms with Crippen LogP contribution in [0.15, 0.2) is 24.3 Å². The van der Waals surface area contributed by atoms with Gasteiger partial charge in [-0.25, -0.2) is 9.67 Å². The molecular weight excluding hydrogens is 314 g/mol. The molecule has 1 aromatic carbocycles. The molecule has 1 aliphatic carbocycles. The molecule has 1 saturated carbocycles. The molecule has 23 heavy (non-hydrogen) atoms. The Morgan fingerprint density at radius 3 is 2.74 bits per heavy atom. The van der Waals surface area contributed by atoms with Crippen molar-refractivity contribution in [3.63, 3.8) is 0 Å². The Hall–Kier alpha value is -1.92. The highest BCUT2D eigenvalue weighted by Crippen LogP contribution is 2.40. The molecule has 1 heterocycles. The van der Waals surface area contributed by atoms with Crippen LogP contribution < -0.4 is 11.1 Å². The largest absolute Gasteiger partial charge is 0.343 e. The first kappa shape index (κ1) is 16.0. The Morgan fingerprint density at radius 2 is 2.13 bits per heavy atom. The number of hydrogen-bond acceptors (Lipinski definition) is 4. The molecule has 3 N–H and O–H groups in total. The van der Waals surface area contributed by atoms with Gasteiger partial charge in [0.15, 0.2) is 0 Å². The van der Waals surface area contributed by atoms with Crippen LogP contribution in [0.25, 0.3) is 5.69 Å². The smallest absolute Gasteiger partial charge is 0.291 e. The maximum absolute atomic E-state index is 12.4. The molecule has 0 unspecified atom stereocenters. The average Bonchev–Trinajstić information content (AvgIpc) is 3.26. The Labute approximate surface area is 140 Å². The monoisotopic (exact) mass is 333 g/mol. The summed E-state index contributed by atoms with van der Waals surface area (Å²) in [6.45, 7) is 4.05. The van der Waals surface area contributed by atoms with Gasteiger partial charge in [-0.1, -0.05) is 23.7 Å². The third kappa shape index (κ3) is 3.38. The lowest BCUT2D eigenvalue weighted by Crippen LogP contribution is -2.49. The standard InChI is InChI=1S/C16H20ClN5O/c1-16(2,9-18)20-15(23)13-19-14(10-7-8-10)22(21-13)12-6-4-3-5-11(12)17/h3-6,10H,7-9,18H2,1-2H3,(H,20,23). The van der Waals surface area contributed by atoms with Gasteiger partial charge >= 0.3 is 0 Å². The van der Waals surface area contributed by atoms with Crippen LogP contribution in [0, 0.1) is 0 Å². The number of hydrogen-bond donors (Lipinski definition) is 2. The molecule has 1 aliphatic rings. The van der Waals surface area contributed by atoms with E-state index in [1.165, 1.54) is 0 Å². The summed E-state index contributed by atoms with van der Waals surface area (Å²) in [4.78, 5) is 16.9. The summed E-state index contributed by atoms with van der Waals surface area (Å²) < 4.78 is 1.68. The van der Waals surface area contributed by atoms with E-state index in [1.54, 1.807) is 10.7 Å². The minimum Gasteiger partial charge on any atom is -0.343 e. The summed E-state index contributed by atoms with van der Waals surface area (Å²) in [6.07, 6.45) is 2.11. The second-order valence-electron chi connectivity index (χ2n) is 6.47. The van der Waals surface area contributed by atoms with Gasteiger partial charge in [0, 0.05) is 18.0 Å². The first-order valence-corrected chi connectivity index (χ1v) is 8.03. The number of nitrogens with two attached hydrogens (primary N) is 1. The highest BCUT2D eigenvalue weighted by atomic mass is 35.5. The van der Waals surface area contributed by atoms with Crippen molar-refractivity contribution in [1.82, 2.24) is 20.1 Å². The van der Waals surface area contributed by atoms with E-state index in [0.717, 1.165) is 24.4 Å². The van der Waals surface area contributed by atoms with E-state index in [-0.39, 0.29) is 11.7 Å². The second kappa shape index (κ2) is 5.94. The fourth-order valence-corrected chi connectivity index (χ4v) is 2.46. The highest BCUT2D eigenvalue weighted by Gasteiger charge is 2.32. The van der Waals surface area contributed by atoms with Crippen molar-refractivity contribution < 1.29 is 4.79 Å². The van der Waals surface area contributed by atoms with E-state index in [4.69, 9.17) is 17.3 Å². The number of carbonyl (C=O) groups excluding carboxylic acids is 1. The van der Waals surface area contributed by atoms with E-state index < -0.39 is 5.54 Å². The molecule has 0 atom stereocenters. The lowest BCUT2D eigenvalue weighted by molar-refractivity contribution is 0.0905. The van der Waals surface area contributed by atoms with Crippen molar-refractivity contribution in [2.45, 2.75) is 38.1 Å². The van der Waals surface area contributed by atoms with Crippen LogP contribution in [0.4, 0.5) is 0 Å². The Bertz CT molecular complexity index is 736. The lowest BCUT2D eigenvalue weighted by atomic mass is 10.1. The van der Waals surface area contributed by atoms with E-state index in [2.05, 4.69) is 15.4 Å². The highest BCUT2D eigenvalue weighted by molar-refractivity contribution is 6.32. The summed E-state index contributed by atoms with van der Waals surface area (Å²) in [5.41, 5.74) is 5.89. The van der Waals surface area contributed by atoms with Crippen LogP contribution in [0.1, 0.15) is 49.1 Å². The molecule has 7 heteroatoms. The molecule has 1 fully saturated rings. The predicted molar refractivity (Wildman–Crippen MR) is 88.9 cm³/mol. The number of rotatable bonds is 5. The minimum atomic E-state index is -0.507. The van der Waals surface area contributed by atoms with E-state index in [0.29, 0.717) is 17.5 Å². The zero-order valence-corrected chi connectivity index (χ0v) is 14.0. The summed E-state index contributed by atoms with van der Waals surface area (Å²) in [7, 11) is 0. The second-order valence-corrected chi connectivity index (χ2v) is 6.88. The normalized spacial score (nSPS) is 14.8. The Morgan fingerprint density at radius 1 is 1.43 bits per heavy atom. The van der Waals surface area contributed by atoms with Gasteiger partial charge in [-0.2, -0.15) is 0 Å². The van der Waals surface area contributed by atoms with Gasteiger partial charge in [-0.05, 0) is 38.8 Å². The van der Waals surface area contributed by atoms with E-state index >= 15 is 0 Å². The fraction of sp³-hybridized carbons (Fsp3) is 0.438. The SMILES string of the molecule is CC(C)(CN)NC(=O)c1nc(C2CC2)n(-c2ccccc2Cl)n1. The maximum atomic E-state index is 12.4. The van der Waals surface area contributed by atoms with Crippen LogP contribution in [-0.4, -0.2) is 32.8 Å². The number of nitrogens with zero attached hydrogens (tertiary/aromatic N) is 3. The molecular formula is C16H20ClN5O. The number of carbonyl (C=O) groups is 1. The molecule has 122 valence electrons. The third-order valence-electron chi connectivity index (χ3n) is 3.82. The number of aromatic nitrogens is 3. The van der Waals surface area contributed by atoms with Crippen LogP contribution >= 0.6 is 11.6 Å². The zero-order valence-electron chi connectivity index (χ0n) is 13.2. The Kier molecular flexibility index (Phi) is 4.12.